The lowest BCUT2D eigenvalue weighted by atomic mass is 9.92. The predicted molar refractivity (Wildman–Crippen MR) is 103 cm³/mol. The maximum absolute atomic E-state index is 4.51. The van der Waals surface area contributed by atoms with Crippen LogP contribution in [0.1, 0.15) is 25.8 Å². The summed E-state index contributed by atoms with van der Waals surface area (Å²) in [7, 11) is 1.89. The molecule has 3 rings (SSSR count). The van der Waals surface area contributed by atoms with Gasteiger partial charge in [-0.2, -0.15) is 0 Å². The fourth-order valence-corrected chi connectivity index (χ4v) is 3.90. The van der Waals surface area contributed by atoms with Crippen LogP contribution in [0.25, 0.3) is 0 Å². The number of rotatable bonds is 3. The van der Waals surface area contributed by atoms with Crippen molar-refractivity contribution in [1.82, 2.24) is 10.2 Å². The second kappa shape index (κ2) is 7.73. The summed E-state index contributed by atoms with van der Waals surface area (Å²) < 4.78 is 0. The van der Waals surface area contributed by atoms with Gasteiger partial charge in [0, 0.05) is 45.5 Å². The molecule has 2 aliphatic heterocycles. The van der Waals surface area contributed by atoms with Crippen LogP contribution in [-0.2, 0) is 6.54 Å². The van der Waals surface area contributed by atoms with E-state index in [4.69, 9.17) is 0 Å². The molecule has 2 unspecified atom stereocenters. The van der Waals surface area contributed by atoms with E-state index in [1.165, 1.54) is 17.7 Å². The summed E-state index contributed by atoms with van der Waals surface area (Å²) in [5.41, 5.74) is 2.60. The third-order valence-electron chi connectivity index (χ3n) is 4.92. The third kappa shape index (κ3) is 4.11. The lowest BCUT2D eigenvalue weighted by molar-refractivity contribution is 0.208. The molecule has 0 aromatic heterocycles. The summed E-state index contributed by atoms with van der Waals surface area (Å²) in [6.07, 6.45) is 5.77. The molecule has 1 fully saturated rings. The molecule has 1 aromatic carbocycles. The standard InChI is InChI=1S/C20H30N4/c1-16-11-17(2)15-24(14-16)20(21-3)22-13-18-7-6-8-19(12-18)23-9-4-5-10-23/h4-8,12,16-17H,9-11,13-15H2,1-3H3,(H,21,22). The highest BCUT2D eigenvalue weighted by atomic mass is 15.3. The smallest absolute Gasteiger partial charge is 0.193 e. The van der Waals surface area contributed by atoms with Gasteiger partial charge in [0.2, 0.25) is 0 Å². The Morgan fingerprint density at radius 2 is 1.88 bits per heavy atom. The van der Waals surface area contributed by atoms with E-state index in [9.17, 15) is 0 Å². The average Bonchev–Trinajstić information content (AvgIpc) is 3.09. The van der Waals surface area contributed by atoms with E-state index < -0.39 is 0 Å². The summed E-state index contributed by atoms with van der Waals surface area (Å²) in [4.78, 5) is 9.30. The maximum Gasteiger partial charge on any atom is 0.193 e. The van der Waals surface area contributed by atoms with Crippen molar-refractivity contribution in [2.75, 3.05) is 38.1 Å². The molecule has 0 saturated carbocycles. The van der Waals surface area contributed by atoms with Gasteiger partial charge in [0.15, 0.2) is 5.96 Å². The molecule has 2 aliphatic rings. The second-order valence-electron chi connectivity index (χ2n) is 7.30. The molecule has 0 aliphatic carbocycles. The molecule has 0 bridgehead atoms. The van der Waals surface area contributed by atoms with Gasteiger partial charge >= 0.3 is 0 Å². The van der Waals surface area contributed by atoms with E-state index in [2.05, 4.69) is 70.4 Å². The Balaban J connectivity index is 1.60. The second-order valence-corrected chi connectivity index (χ2v) is 7.30. The van der Waals surface area contributed by atoms with Gasteiger partial charge < -0.3 is 15.1 Å². The number of aliphatic imine (C=N–C) groups is 1. The minimum Gasteiger partial charge on any atom is -0.364 e. The molecule has 24 heavy (non-hydrogen) atoms. The zero-order chi connectivity index (χ0) is 16.9. The number of likely N-dealkylation sites (tertiary alicyclic amines) is 1. The Labute approximate surface area is 146 Å². The zero-order valence-electron chi connectivity index (χ0n) is 15.2. The van der Waals surface area contributed by atoms with Gasteiger partial charge in [-0.15, -0.1) is 0 Å². The van der Waals surface area contributed by atoms with Crippen molar-refractivity contribution in [1.29, 1.82) is 0 Å². The SMILES string of the molecule is CN=C(NCc1cccc(N2CC=CC2)c1)N1CC(C)CC(C)C1. The Hall–Kier alpha value is -1.97. The number of piperidine rings is 1. The van der Waals surface area contributed by atoms with Gasteiger partial charge in [-0.05, 0) is 36.0 Å². The van der Waals surface area contributed by atoms with Crippen LogP contribution >= 0.6 is 0 Å². The van der Waals surface area contributed by atoms with Crippen LogP contribution < -0.4 is 10.2 Å². The largest absolute Gasteiger partial charge is 0.364 e. The number of hydrogen-bond donors (Lipinski definition) is 1. The van der Waals surface area contributed by atoms with E-state index >= 15 is 0 Å². The van der Waals surface area contributed by atoms with Crippen molar-refractivity contribution >= 4 is 11.6 Å². The highest BCUT2D eigenvalue weighted by Crippen LogP contribution is 2.21. The third-order valence-corrected chi connectivity index (χ3v) is 4.92. The summed E-state index contributed by atoms with van der Waals surface area (Å²) in [6.45, 7) is 9.73. The van der Waals surface area contributed by atoms with Gasteiger partial charge in [0.25, 0.3) is 0 Å². The van der Waals surface area contributed by atoms with E-state index in [0.717, 1.165) is 50.5 Å². The Bertz CT molecular complexity index is 589. The Morgan fingerprint density at radius 3 is 2.54 bits per heavy atom. The van der Waals surface area contributed by atoms with Gasteiger partial charge in [-0.3, -0.25) is 4.99 Å². The number of nitrogens with one attached hydrogen (secondary N) is 1. The van der Waals surface area contributed by atoms with Gasteiger partial charge in [0.05, 0.1) is 0 Å². The van der Waals surface area contributed by atoms with Crippen molar-refractivity contribution in [3.8, 4) is 0 Å². The molecule has 4 heteroatoms. The molecule has 0 spiro atoms. The van der Waals surface area contributed by atoms with Crippen LogP contribution in [-0.4, -0.2) is 44.1 Å². The lowest BCUT2D eigenvalue weighted by Crippen LogP contribution is -2.48. The Morgan fingerprint density at radius 1 is 1.17 bits per heavy atom. The summed E-state index contributed by atoms with van der Waals surface area (Å²) in [5.74, 6) is 2.50. The minimum absolute atomic E-state index is 0.735. The molecule has 0 amide bonds. The van der Waals surface area contributed by atoms with Crippen molar-refractivity contribution in [3.05, 3.63) is 42.0 Å². The molecule has 4 nitrogen and oxygen atoms in total. The number of nitrogens with zero attached hydrogens (tertiary/aromatic N) is 3. The summed E-state index contributed by atoms with van der Waals surface area (Å²) in [6, 6.07) is 8.82. The molecular weight excluding hydrogens is 296 g/mol. The quantitative estimate of drug-likeness (QED) is 0.526. The van der Waals surface area contributed by atoms with Gasteiger partial charge in [-0.25, -0.2) is 0 Å². The van der Waals surface area contributed by atoms with E-state index in [-0.39, 0.29) is 0 Å². The van der Waals surface area contributed by atoms with E-state index in [0.29, 0.717) is 0 Å². The average molecular weight is 326 g/mol. The van der Waals surface area contributed by atoms with E-state index in [1.54, 1.807) is 0 Å². The van der Waals surface area contributed by atoms with Crippen LogP contribution in [0.15, 0.2) is 41.4 Å². The fourth-order valence-electron chi connectivity index (χ4n) is 3.90. The molecule has 1 N–H and O–H groups in total. The maximum atomic E-state index is 4.51. The summed E-state index contributed by atoms with van der Waals surface area (Å²) >= 11 is 0. The monoisotopic (exact) mass is 326 g/mol. The predicted octanol–water partition coefficient (Wildman–Crippen LogP) is 3.12. The van der Waals surface area contributed by atoms with Crippen molar-refractivity contribution in [3.63, 3.8) is 0 Å². The molecular formula is C20H30N4. The molecule has 1 aromatic rings. The molecule has 0 radical (unpaired) electrons. The number of benzene rings is 1. The zero-order valence-corrected chi connectivity index (χ0v) is 15.2. The number of anilines is 1. The minimum atomic E-state index is 0.735. The lowest BCUT2D eigenvalue weighted by Gasteiger charge is -2.37. The summed E-state index contributed by atoms with van der Waals surface area (Å²) in [5, 5.41) is 3.56. The van der Waals surface area contributed by atoms with Crippen molar-refractivity contribution in [2.24, 2.45) is 16.8 Å². The van der Waals surface area contributed by atoms with Crippen LogP contribution in [0, 0.1) is 11.8 Å². The molecule has 130 valence electrons. The van der Waals surface area contributed by atoms with Gasteiger partial charge in [-0.1, -0.05) is 38.1 Å². The Kier molecular flexibility index (Phi) is 5.44. The molecule has 2 heterocycles. The number of guanidine groups is 1. The highest BCUT2D eigenvalue weighted by molar-refractivity contribution is 5.80. The van der Waals surface area contributed by atoms with Crippen molar-refractivity contribution in [2.45, 2.75) is 26.8 Å². The normalized spacial score (nSPS) is 24.5. The molecule has 1 saturated heterocycles. The first kappa shape index (κ1) is 16.9. The van der Waals surface area contributed by atoms with Crippen molar-refractivity contribution < 1.29 is 0 Å². The molecule has 2 atom stereocenters. The van der Waals surface area contributed by atoms with Gasteiger partial charge in [0.1, 0.15) is 0 Å². The first-order chi connectivity index (χ1) is 11.7. The van der Waals surface area contributed by atoms with Crippen LogP contribution in [0.2, 0.25) is 0 Å². The van der Waals surface area contributed by atoms with Crippen LogP contribution in [0.3, 0.4) is 0 Å². The van der Waals surface area contributed by atoms with Crippen LogP contribution in [0.4, 0.5) is 5.69 Å². The first-order valence-electron chi connectivity index (χ1n) is 9.10. The topological polar surface area (TPSA) is 30.9 Å². The fraction of sp³-hybridized carbons (Fsp3) is 0.550. The highest BCUT2D eigenvalue weighted by Gasteiger charge is 2.23. The van der Waals surface area contributed by atoms with E-state index in [1.807, 2.05) is 7.05 Å². The number of hydrogen-bond acceptors (Lipinski definition) is 2. The van der Waals surface area contributed by atoms with Crippen LogP contribution in [0.5, 0.6) is 0 Å². The first-order valence-corrected chi connectivity index (χ1v) is 9.10.